The van der Waals surface area contributed by atoms with E-state index in [1.165, 1.54) is 0 Å². The molecule has 1 aliphatic rings. The SMILES string of the molecule is CC(C)(C)OC(=O)C(c1ccccc1)C1CNC1. The molecule has 1 saturated heterocycles. The van der Waals surface area contributed by atoms with Gasteiger partial charge >= 0.3 is 5.97 Å². The Morgan fingerprint density at radius 1 is 1.28 bits per heavy atom. The number of esters is 1. The highest BCUT2D eigenvalue weighted by molar-refractivity contribution is 5.79. The number of nitrogens with one attached hydrogen (secondary N) is 1. The summed E-state index contributed by atoms with van der Waals surface area (Å²) in [6.07, 6.45) is 0. The molecule has 1 aromatic rings. The highest BCUT2D eigenvalue weighted by atomic mass is 16.6. The van der Waals surface area contributed by atoms with Crippen molar-refractivity contribution in [1.29, 1.82) is 0 Å². The summed E-state index contributed by atoms with van der Waals surface area (Å²) in [5.74, 6) is 0.0918. The van der Waals surface area contributed by atoms with Gasteiger partial charge in [-0.15, -0.1) is 0 Å². The molecule has 0 spiro atoms. The Bertz CT molecular complexity index is 404. The summed E-state index contributed by atoms with van der Waals surface area (Å²) in [6, 6.07) is 9.92. The van der Waals surface area contributed by atoms with E-state index in [1.54, 1.807) is 0 Å². The molecule has 3 nitrogen and oxygen atoms in total. The molecule has 1 heterocycles. The van der Waals surface area contributed by atoms with E-state index >= 15 is 0 Å². The third-order valence-electron chi connectivity index (χ3n) is 3.10. The van der Waals surface area contributed by atoms with Gasteiger partial charge in [0, 0.05) is 19.0 Å². The van der Waals surface area contributed by atoms with Crippen LogP contribution in [0.1, 0.15) is 32.3 Å². The molecule has 0 bridgehead atoms. The zero-order valence-electron chi connectivity index (χ0n) is 11.3. The molecule has 1 aliphatic heterocycles. The van der Waals surface area contributed by atoms with Gasteiger partial charge in [0.2, 0.25) is 0 Å². The first kappa shape index (κ1) is 13.1. The molecule has 2 rings (SSSR count). The fourth-order valence-corrected chi connectivity index (χ4v) is 2.17. The van der Waals surface area contributed by atoms with Gasteiger partial charge in [-0.2, -0.15) is 0 Å². The molecule has 0 aromatic heterocycles. The second kappa shape index (κ2) is 5.11. The molecule has 98 valence electrons. The van der Waals surface area contributed by atoms with E-state index in [-0.39, 0.29) is 11.9 Å². The van der Waals surface area contributed by atoms with Crippen LogP contribution in [0.4, 0.5) is 0 Å². The van der Waals surface area contributed by atoms with E-state index in [0.717, 1.165) is 18.7 Å². The van der Waals surface area contributed by atoms with Crippen molar-refractivity contribution in [3.63, 3.8) is 0 Å². The molecular formula is C15H21NO2. The molecule has 1 fully saturated rings. The molecule has 18 heavy (non-hydrogen) atoms. The van der Waals surface area contributed by atoms with E-state index in [1.807, 2.05) is 51.1 Å². The molecule has 1 N–H and O–H groups in total. The second-order valence-corrected chi connectivity index (χ2v) is 5.84. The van der Waals surface area contributed by atoms with E-state index in [0.29, 0.717) is 5.92 Å². The van der Waals surface area contributed by atoms with Crippen molar-refractivity contribution >= 4 is 5.97 Å². The Morgan fingerprint density at radius 2 is 1.89 bits per heavy atom. The largest absolute Gasteiger partial charge is 0.459 e. The van der Waals surface area contributed by atoms with Crippen molar-refractivity contribution in [3.05, 3.63) is 35.9 Å². The minimum absolute atomic E-state index is 0.111. The standard InChI is InChI=1S/C15H21NO2/c1-15(2,3)18-14(17)13(12-9-16-10-12)11-7-5-4-6-8-11/h4-8,12-13,16H,9-10H2,1-3H3. The number of rotatable bonds is 3. The van der Waals surface area contributed by atoms with Crippen LogP contribution in [-0.4, -0.2) is 24.7 Å². The van der Waals surface area contributed by atoms with Gasteiger partial charge in [-0.25, -0.2) is 0 Å². The van der Waals surface area contributed by atoms with Crippen LogP contribution < -0.4 is 5.32 Å². The molecule has 0 saturated carbocycles. The van der Waals surface area contributed by atoms with E-state index in [4.69, 9.17) is 4.74 Å². The predicted octanol–water partition coefficient (Wildman–Crippen LogP) is 2.33. The van der Waals surface area contributed by atoms with Crippen LogP contribution in [0.25, 0.3) is 0 Å². The van der Waals surface area contributed by atoms with Crippen LogP contribution in [0.3, 0.4) is 0 Å². The molecule has 3 heteroatoms. The number of ether oxygens (including phenoxy) is 1. The first-order chi connectivity index (χ1) is 8.47. The Balaban J connectivity index is 2.18. The van der Waals surface area contributed by atoms with Crippen LogP contribution >= 0.6 is 0 Å². The lowest BCUT2D eigenvalue weighted by Crippen LogP contribution is -2.48. The van der Waals surface area contributed by atoms with Gasteiger partial charge in [0.05, 0.1) is 5.92 Å². The molecule has 1 aromatic carbocycles. The average molecular weight is 247 g/mol. The summed E-state index contributed by atoms with van der Waals surface area (Å²) in [7, 11) is 0. The number of benzene rings is 1. The maximum atomic E-state index is 12.3. The molecule has 1 unspecified atom stereocenters. The third-order valence-corrected chi connectivity index (χ3v) is 3.10. The minimum Gasteiger partial charge on any atom is -0.459 e. The highest BCUT2D eigenvalue weighted by Gasteiger charge is 2.36. The lowest BCUT2D eigenvalue weighted by atomic mass is 9.82. The van der Waals surface area contributed by atoms with Crippen LogP contribution in [0, 0.1) is 5.92 Å². The molecule has 1 atom stereocenters. The average Bonchev–Trinajstić information content (AvgIpc) is 2.21. The van der Waals surface area contributed by atoms with Crippen molar-refractivity contribution in [1.82, 2.24) is 5.32 Å². The van der Waals surface area contributed by atoms with Gasteiger partial charge in [-0.1, -0.05) is 30.3 Å². The number of hydrogen-bond donors (Lipinski definition) is 1. The van der Waals surface area contributed by atoms with Gasteiger partial charge in [0.1, 0.15) is 5.60 Å². The second-order valence-electron chi connectivity index (χ2n) is 5.84. The Labute approximate surface area is 109 Å². The van der Waals surface area contributed by atoms with Crippen LogP contribution in [0.2, 0.25) is 0 Å². The van der Waals surface area contributed by atoms with Gasteiger partial charge in [-0.05, 0) is 26.3 Å². The first-order valence-corrected chi connectivity index (χ1v) is 6.46. The van der Waals surface area contributed by atoms with Crippen molar-refractivity contribution in [2.24, 2.45) is 5.92 Å². The van der Waals surface area contributed by atoms with Crippen LogP contribution in [0.15, 0.2) is 30.3 Å². The lowest BCUT2D eigenvalue weighted by Gasteiger charge is -2.35. The number of hydrogen-bond acceptors (Lipinski definition) is 3. The summed E-state index contributed by atoms with van der Waals surface area (Å²) >= 11 is 0. The third kappa shape index (κ3) is 3.10. The summed E-state index contributed by atoms with van der Waals surface area (Å²) in [5.41, 5.74) is 0.625. The fourth-order valence-electron chi connectivity index (χ4n) is 2.17. The van der Waals surface area contributed by atoms with Crippen molar-refractivity contribution in [2.75, 3.05) is 13.1 Å². The molecule has 0 aliphatic carbocycles. The number of carbonyl (C=O) groups is 1. The quantitative estimate of drug-likeness (QED) is 0.833. The molecular weight excluding hydrogens is 226 g/mol. The zero-order chi connectivity index (χ0) is 13.2. The van der Waals surface area contributed by atoms with Gasteiger partial charge in [-0.3, -0.25) is 4.79 Å². The van der Waals surface area contributed by atoms with Crippen molar-refractivity contribution in [2.45, 2.75) is 32.3 Å². The number of carbonyl (C=O) groups excluding carboxylic acids is 1. The van der Waals surface area contributed by atoms with Gasteiger partial charge < -0.3 is 10.1 Å². The van der Waals surface area contributed by atoms with Crippen LogP contribution in [0.5, 0.6) is 0 Å². The van der Waals surface area contributed by atoms with E-state index in [9.17, 15) is 4.79 Å². The molecule has 0 radical (unpaired) electrons. The Morgan fingerprint density at radius 3 is 2.33 bits per heavy atom. The van der Waals surface area contributed by atoms with Gasteiger partial charge in [0.25, 0.3) is 0 Å². The van der Waals surface area contributed by atoms with Crippen LogP contribution in [-0.2, 0) is 9.53 Å². The topological polar surface area (TPSA) is 38.3 Å². The zero-order valence-corrected chi connectivity index (χ0v) is 11.3. The molecule has 0 amide bonds. The Hall–Kier alpha value is -1.35. The smallest absolute Gasteiger partial charge is 0.314 e. The summed E-state index contributed by atoms with van der Waals surface area (Å²) in [5, 5.41) is 3.22. The maximum Gasteiger partial charge on any atom is 0.314 e. The fraction of sp³-hybridized carbons (Fsp3) is 0.533. The van der Waals surface area contributed by atoms with E-state index < -0.39 is 5.60 Å². The minimum atomic E-state index is -0.429. The van der Waals surface area contributed by atoms with E-state index in [2.05, 4.69) is 5.32 Å². The lowest BCUT2D eigenvalue weighted by molar-refractivity contribution is -0.158. The Kier molecular flexibility index (Phi) is 3.71. The van der Waals surface area contributed by atoms with Gasteiger partial charge in [0.15, 0.2) is 0 Å². The summed E-state index contributed by atoms with van der Waals surface area (Å²) < 4.78 is 5.54. The summed E-state index contributed by atoms with van der Waals surface area (Å²) in [6.45, 7) is 7.50. The summed E-state index contributed by atoms with van der Waals surface area (Å²) in [4.78, 5) is 12.3. The van der Waals surface area contributed by atoms with Crippen molar-refractivity contribution in [3.8, 4) is 0 Å². The maximum absolute atomic E-state index is 12.3. The predicted molar refractivity (Wildman–Crippen MR) is 71.4 cm³/mol. The first-order valence-electron chi connectivity index (χ1n) is 6.46. The monoisotopic (exact) mass is 247 g/mol. The highest BCUT2D eigenvalue weighted by Crippen LogP contribution is 2.30. The van der Waals surface area contributed by atoms with Crippen molar-refractivity contribution < 1.29 is 9.53 Å². The normalized spacial score (nSPS) is 17.9.